The molecule has 2 N–H and O–H groups in total. The van der Waals surface area contributed by atoms with Gasteiger partial charge >= 0.3 is 0 Å². The van der Waals surface area contributed by atoms with Crippen LogP contribution in [0.25, 0.3) is 0 Å². The van der Waals surface area contributed by atoms with Crippen LogP contribution in [0.3, 0.4) is 0 Å². The van der Waals surface area contributed by atoms with Crippen molar-refractivity contribution >= 4 is 29.9 Å². The molecule has 1 aliphatic heterocycles. The molecule has 0 amide bonds. The maximum atomic E-state index is 9.60. The standard InChI is InChI=1S/C21H36N4O3.HI/c1-5-22-21(23-11-6-12-25-13-9-18(26)10-14-25)24(2)16-17-7-8-19(27-3)15-20(17)28-4;/h7-8,15,18,26H,5-6,9-14,16H2,1-4H3,(H,22,23);1H. The molecule has 0 atom stereocenters. The lowest BCUT2D eigenvalue weighted by atomic mass is 10.1. The minimum absolute atomic E-state index is 0. The van der Waals surface area contributed by atoms with Crippen molar-refractivity contribution in [2.24, 2.45) is 4.99 Å². The molecule has 0 unspecified atom stereocenters. The molecule has 1 fully saturated rings. The van der Waals surface area contributed by atoms with Crippen molar-refractivity contribution in [2.45, 2.75) is 38.8 Å². The van der Waals surface area contributed by atoms with Crippen LogP contribution < -0.4 is 14.8 Å². The highest BCUT2D eigenvalue weighted by molar-refractivity contribution is 14.0. The maximum Gasteiger partial charge on any atom is 0.193 e. The predicted octanol–water partition coefficient (Wildman–Crippen LogP) is 2.57. The summed E-state index contributed by atoms with van der Waals surface area (Å²) >= 11 is 0. The molecule has 7 nitrogen and oxygen atoms in total. The third kappa shape index (κ3) is 8.55. The summed E-state index contributed by atoms with van der Waals surface area (Å²) in [5.41, 5.74) is 1.09. The number of ether oxygens (including phenoxy) is 2. The Bertz CT molecular complexity index is 622. The zero-order valence-electron chi connectivity index (χ0n) is 18.2. The normalized spacial score (nSPS) is 15.6. The lowest BCUT2D eigenvalue weighted by Crippen LogP contribution is -2.39. The van der Waals surface area contributed by atoms with Gasteiger partial charge in [-0.15, -0.1) is 24.0 Å². The Labute approximate surface area is 192 Å². The monoisotopic (exact) mass is 520 g/mol. The Hall–Kier alpha value is -1.26. The summed E-state index contributed by atoms with van der Waals surface area (Å²) in [6.45, 7) is 7.40. The third-order valence-corrected chi connectivity index (χ3v) is 5.05. The highest BCUT2D eigenvalue weighted by Crippen LogP contribution is 2.25. The van der Waals surface area contributed by atoms with Gasteiger partial charge in [0.2, 0.25) is 0 Å². The summed E-state index contributed by atoms with van der Waals surface area (Å²) in [6, 6.07) is 5.89. The van der Waals surface area contributed by atoms with Crippen LogP contribution in [-0.4, -0.2) is 81.0 Å². The first-order valence-electron chi connectivity index (χ1n) is 10.2. The van der Waals surface area contributed by atoms with Crippen molar-refractivity contribution in [3.8, 4) is 11.5 Å². The van der Waals surface area contributed by atoms with Gasteiger partial charge < -0.3 is 29.7 Å². The quantitative estimate of drug-likeness (QED) is 0.226. The van der Waals surface area contributed by atoms with Crippen LogP contribution in [0.5, 0.6) is 11.5 Å². The summed E-state index contributed by atoms with van der Waals surface area (Å²) in [6.07, 6.45) is 2.68. The number of nitrogens with zero attached hydrogens (tertiary/aromatic N) is 3. The van der Waals surface area contributed by atoms with Crippen molar-refractivity contribution in [3.05, 3.63) is 23.8 Å². The van der Waals surface area contributed by atoms with Crippen molar-refractivity contribution in [2.75, 3.05) is 54.0 Å². The molecule has 1 aromatic rings. The molecule has 8 heteroatoms. The summed E-state index contributed by atoms with van der Waals surface area (Å²) in [5.74, 6) is 2.50. The van der Waals surface area contributed by atoms with Gasteiger partial charge in [0.25, 0.3) is 0 Å². The number of hydrogen-bond donors (Lipinski definition) is 2. The topological polar surface area (TPSA) is 69.6 Å². The van der Waals surface area contributed by atoms with Crippen LogP contribution in [0, 0.1) is 0 Å². The van der Waals surface area contributed by atoms with Gasteiger partial charge in [-0.05, 0) is 44.9 Å². The first-order valence-corrected chi connectivity index (χ1v) is 10.2. The number of aliphatic hydroxyl groups is 1. The van der Waals surface area contributed by atoms with Crippen molar-refractivity contribution in [1.29, 1.82) is 0 Å². The molecule has 1 aromatic carbocycles. The first kappa shape index (κ1) is 25.8. The van der Waals surface area contributed by atoms with E-state index >= 15 is 0 Å². The number of hydrogen-bond acceptors (Lipinski definition) is 5. The van der Waals surface area contributed by atoms with Gasteiger partial charge in [-0.1, -0.05) is 0 Å². The smallest absolute Gasteiger partial charge is 0.193 e. The molecule has 0 aromatic heterocycles. The molecule has 0 aliphatic carbocycles. The number of methoxy groups -OCH3 is 2. The Morgan fingerprint density at radius 2 is 2.00 bits per heavy atom. The Kier molecular flexibility index (Phi) is 12.3. The summed E-state index contributed by atoms with van der Waals surface area (Å²) in [7, 11) is 5.37. The molecule has 0 bridgehead atoms. The second kappa shape index (κ2) is 13.9. The minimum atomic E-state index is -0.113. The van der Waals surface area contributed by atoms with Gasteiger partial charge in [-0.2, -0.15) is 0 Å². The number of benzene rings is 1. The van der Waals surface area contributed by atoms with Crippen LogP contribution in [0.1, 0.15) is 31.7 Å². The fraction of sp³-hybridized carbons (Fsp3) is 0.667. The Morgan fingerprint density at radius 1 is 1.28 bits per heavy atom. The lowest BCUT2D eigenvalue weighted by Gasteiger charge is -2.29. The van der Waals surface area contributed by atoms with E-state index in [1.807, 2.05) is 25.2 Å². The zero-order chi connectivity index (χ0) is 20.4. The van der Waals surface area contributed by atoms with E-state index in [-0.39, 0.29) is 30.1 Å². The molecule has 29 heavy (non-hydrogen) atoms. The van der Waals surface area contributed by atoms with Crippen LogP contribution in [0.4, 0.5) is 0 Å². The fourth-order valence-corrected chi connectivity index (χ4v) is 3.40. The molecule has 1 aliphatic rings. The van der Waals surface area contributed by atoms with Gasteiger partial charge in [0.1, 0.15) is 11.5 Å². The maximum absolute atomic E-state index is 9.60. The number of halogens is 1. The van der Waals surface area contributed by atoms with E-state index in [0.29, 0.717) is 6.54 Å². The van der Waals surface area contributed by atoms with Crippen LogP contribution in [0.2, 0.25) is 0 Å². The average molecular weight is 520 g/mol. The summed E-state index contributed by atoms with van der Waals surface area (Å²) in [5, 5.41) is 13.0. The molecular formula is C21H37IN4O3. The highest BCUT2D eigenvalue weighted by Gasteiger charge is 2.16. The van der Waals surface area contributed by atoms with Crippen molar-refractivity contribution < 1.29 is 14.6 Å². The molecule has 0 saturated carbocycles. The first-order chi connectivity index (χ1) is 13.6. The van der Waals surface area contributed by atoms with Gasteiger partial charge in [0.15, 0.2) is 5.96 Å². The second-order valence-corrected chi connectivity index (χ2v) is 7.20. The van der Waals surface area contributed by atoms with E-state index < -0.39 is 0 Å². The average Bonchev–Trinajstić information content (AvgIpc) is 2.71. The van der Waals surface area contributed by atoms with E-state index in [4.69, 9.17) is 14.5 Å². The molecule has 2 rings (SSSR count). The van der Waals surface area contributed by atoms with Crippen LogP contribution in [0.15, 0.2) is 23.2 Å². The number of piperidine rings is 1. The largest absolute Gasteiger partial charge is 0.497 e. The van der Waals surface area contributed by atoms with Gasteiger partial charge in [0, 0.05) is 51.4 Å². The van der Waals surface area contributed by atoms with E-state index in [0.717, 1.165) is 75.0 Å². The molecule has 1 saturated heterocycles. The summed E-state index contributed by atoms with van der Waals surface area (Å²) < 4.78 is 10.8. The predicted molar refractivity (Wildman–Crippen MR) is 129 cm³/mol. The summed E-state index contributed by atoms with van der Waals surface area (Å²) in [4.78, 5) is 9.32. The SMILES string of the molecule is CCNC(=NCCCN1CCC(O)CC1)N(C)Cc1ccc(OC)cc1OC.I. The molecule has 0 spiro atoms. The zero-order valence-corrected chi connectivity index (χ0v) is 20.5. The number of aliphatic hydroxyl groups excluding tert-OH is 1. The fourth-order valence-electron chi connectivity index (χ4n) is 3.40. The van der Waals surface area contributed by atoms with Crippen LogP contribution >= 0.6 is 24.0 Å². The molecule has 0 radical (unpaired) electrons. The Balaban J connectivity index is 0.00000420. The number of likely N-dealkylation sites (tertiary alicyclic amines) is 1. The third-order valence-electron chi connectivity index (χ3n) is 5.05. The molecule has 166 valence electrons. The van der Waals surface area contributed by atoms with Gasteiger partial charge in [0.05, 0.1) is 20.3 Å². The number of rotatable bonds is 9. The van der Waals surface area contributed by atoms with E-state index in [9.17, 15) is 5.11 Å². The van der Waals surface area contributed by atoms with Crippen LogP contribution in [-0.2, 0) is 6.54 Å². The van der Waals surface area contributed by atoms with Crippen molar-refractivity contribution in [3.63, 3.8) is 0 Å². The van der Waals surface area contributed by atoms with E-state index in [1.54, 1.807) is 14.2 Å². The van der Waals surface area contributed by atoms with Gasteiger partial charge in [-0.3, -0.25) is 4.99 Å². The van der Waals surface area contributed by atoms with Gasteiger partial charge in [-0.25, -0.2) is 0 Å². The molecule has 1 heterocycles. The number of guanidine groups is 1. The number of nitrogens with one attached hydrogen (secondary N) is 1. The van der Waals surface area contributed by atoms with Crippen molar-refractivity contribution in [1.82, 2.24) is 15.1 Å². The highest BCUT2D eigenvalue weighted by atomic mass is 127. The minimum Gasteiger partial charge on any atom is -0.497 e. The van der Waals surface area contributed by atoms with E-state index in [2.05, 4.69) is 22.0 Å². The number of aliphatic imine (C=N–C) groups is 1. The van der Waals surface area contributed by atoms with E-state index in [1.165, 1.54) is 0 Å². The second-order valence-electron chi connectivity index (χ2n) is 7.20. The molecular weight excluding hydrogens is 483 g/mol. The Morgan fingerprint density at radius 3 is 2.62 bits per heavy atom. The lowest BCUT2D eigenvalue weighted by molar-refractivity contribution is 0.0824.